The van der Waals surface area contributed by atoms with Crippen LogP contribution in [0.4, 0.5) is 16.2 Å². The third-order valence-electron chi connectivity index (χ3n) is 3.88. The van der Waals surface area contributed by atoms with Crippen molar-refractivity contribution < 1.29 is 9.53 Å². The molecular formula is C18H24BrN7O2. The van der Waals surface area contributed by atoms with Gasteiger partial charge >= 0.3 is 6.09 Å². The third-order valence-corrected chi connectivity index (χ3v) is 4.51. The van der Waals surface area contributed by atoms with Crippen molar-refractivity contribution in [3.63, 3.8) is 0 Å². The Bertz CT molecular complexity index is 818. The molecule has 2 rings (SSSR count). The predicted molar refractivity (Wildman–Crippen MR) is 113 cm³/mol. The fourth-order valence-electron chi connectivity index (χ4n) is 2.56. The first-order chi connectivity index (χ1) is 13.1. The van der Waals surface area contributed by atoms with E-state index >= 15 is 0 Å². The molecule has 0 radical (unpaired) electrons. The molecule has 28 heavy (non-hydrogen) atoms. The summed E-state index contributed by atoms with van der Waals surface area (Å²) in [4.78, 5) is 16.1. The molecule has 0 unspecified atom stereocenters. The van der Waals surface area contributed by atoms with Crippen LogP contribution < -0.4 is 16.1 Å². The number of hydrogen-bond acceptors (Lipinski definition) is 7. The number of benzene rings is 1. The molecule has 1 aromatic rings. The highest BCUT2D eigenvalue weighted by atomic mass is 79.9. The van der Waals surface area contributed by atoms with Gasteiger partial charge in [-0.1, -0.05) is 0 Å². The number of hydrogen-bond donors (Lipinski definition) is 3. The van der Waals surface area contributed by atoms with Crippen molar-refractivity contribution in [2.75, 3.05) is 36.5 Å². The Kier molecular flexibility index (Phi) is 6.85. The summed E-state index contributed by atoms with van der Waals surface area (Å²) < 4.78 is 6.27. The molecule has 1 aromatic carbocycles. The van der Waals surface area contributed by atoms with E-state index in [2.05, 4.69) is 31.4 Å². The van der Waals surface area contributed by atoms with Gasteiger partial charge in [0.15, 0.2) is 5.84 Å². The van der Waals surface area contributed by atoms with Crippen LogP contribution in [-0.2, 0) is 4.74 Å². The highest BCUT2D eigenvalue weighted by molar-refractivity contribution is 9.10. The molecule has 1 saturated heterocycles. The molecule has 1 heterocycles. The summed E-state index contributed by atoms with van der Waals surface area (Å²) in [5.41, 5.74) is 8.94. The lowest BCUT2D eigenvalue weighted by Gasteiger charge is -2.37. The number of rotatable bonds is 4. The summed E-state index contributed by atoms with van der Waals surface area (Å²) in [7, 11) is 0. The second-order valence-electron chi connectivity index (χ2n) is 7.22. The zero-order valence-electron chi connectivity index (χ0n) is 16.1. The molecule has 1 fully saturated rings. The molecule has 1 amide bonds. The van der Waals surface area contributed by atoms with Crippen LogP contribution >= 0.6 is 15.9 Å². The van der Waals surface area contributed by atoms with Crippen LogP contribution in [0.3, 0.4) is 0 Å². The number of nitriles is 1. The Hall–Kier alpha value is -2.80. The summed E-state index contributed by atoms with van der Waals surface area (Å²) in [6, 6.07) is 7.32. The van der Waals surface area contributed by atoms with E-state index in [9.17, 15) is 4.79 Å². The minimum absolute atomic E-state index is 0.182. The molecule has 0 saturated carbocycles. The number of carbonyl (C=O) groups is 1. The molecule has 1 aliphatic rings. The normalized spacial score (nSPS) is 15.0. The molecule has 0 atom stereocenters. The number of piperazine rings is 1. The van der Waals surface area contributed by atoms with E-state index in [0.29, 0.717) is 31.9 Å². The minimum Gasteiger partial charge on any atom is -0.444 e. The summed E-state index contributed by atoms with van der Waals surface area (Å²) in [6.45, 7) is 8.10. The smallest absolute Gasteiger partial charge is 0.410 e. The highest BCUT2D eigenvalue weighted by Crippen LogP contribution is 2.30. The van der Waals surface area contributed by atoms with Crippen LogP contribution in [-0.4, -0.2) is 54.3 Å². The van der Waals surface area contributed by atoms with Gasteiger partial charge in [0.25, 0.3) is 0 Å². The van der Waals surface area contributed by atoms with E-state index in [-0.39, 0.29) is 11.8 Å². The number of ether oxygens (including phenoxy) is 1. The van der Waals surface area contributed by atoms with E-state index in [0.717, 1.165) is 10.2 Å². The summed E-state index contributed by atoms with van der Waals surface area (Å²) in [5.74, 6) is -0.395. The number of nitrogens with one attached hydrogen (secondary N) is 2. The maximum atomic E-state index is 12.2. The van der Waals surface area contributed by atoms with Crippen LogP contribution in [0, 0.1) is 16.7 Å². The van der Waals surface area contributed by atoms with Gasteiger partial charge < -0.3 is 20.3 Å². The Labute approximate surface area is 172 Å². The molecule has 0 spiro atoms. The largest absolute Gasteiger partial charge is 0.444 e. The van der Waals surface area contributed by atoms with Gasteiger partial charge in [-0.05, 0) is 54.9 Å². The molecule has 150 valence electrons. The van der Waals surface area contributed by atoms with Crippen molar-refractivity contribution in [1.29, 1.82) is 10.7 Å². The van der Waals surface area contributed by atoms with Gasteiger partial charge in [-0.15, -0.1) is 0 Å². The summed E-state index contributed by atoms with van der Waals surface area (Å²) in [6.07, 6.45) is -0.289. The van der Waals surface area contributed by atoms with Crippen LogP contribution in [0.1, 0.15) is 20.8 Å². The maximum Gasteiger partial charge on any atom is 0.410 e. The lowest BCUT2D eigenvalue weighted by atomic mass is 10.2. The van der Waals surface area contributed by atoms with Crippen LogP contribution in [0.5, 0.6) is 0 Å². The van der Waals surface area contributed by atoms with E-state index in [4.69, 9.17) is 21.1 Å². The van der Waals surface area contributed by atoms with Crippen molar-refractivity contribution in [2.24, 2.45) is 10.8 Å². The van der Waals surface area contributed by atoms with Crippen molar-refractivity contribution in [3.05, 3.63) is 22.7 Å². The van der Waals surface area contributed by atoms with Crippen molar-refractivity contribution in [1.82, 2.24) is 4.90 Å². The molecule has 10 heteroatoms. The average molecular weight is 450 g/mol. The maximum absolute atomic E-state index is 12.2. The second-order valence-corrected chi connectivity index (χ2v) is 8.07. The first kappa shape index (κ1) is 21.5. The Morgan fingerprint density at radius 2 is 2.00 bits per heavy atom. The minimum atomic E-state index is -0.504. The molecule has 0 aromatic heterocycles. The van der Waals surface area contributed by atoms with Gasteiger partial charge in [0, 0.05) is 30.7 Å². The van der Waals surface area contributed by atoms with E-state index in [1.165, 1.54) is 0 Å². The van der Waals surface area contributed by atoms with Crippen LogP contribution in [0.25, 0.3) is 0 Å². The molecule has 1 aliphatic heterocycles. The van der Waals surface area contributed by atoms with Crippen LogP contribution in [0.2, 0.25) is 0 Å². The monoisotopic (exact) mass is 449 g/mol. The first-order valence-corrected chi connectivity index (χ1v) is 9.50. The van der Waals surface area contributed by atoms with Crippen molar-refractivity contribution in [3.8, 4) is 6.07 Å². The Morgan fingerprint density at radius 1 is 1.36 bits per heavy atom. The molecule has 9 nitrogen and oxygen atoms in total. The number of amides is 1. The van der Waals surface area contributed by atoms with Gasteiger partial charge in [-0.2, -0.15) is 10.4 Å². The third kappa shape index (κ3) is 5.85. The zero-order valence-corrected chi connectivity index (χ0v) is 17.7. The molecule has 0 aliphatic carbocycles. The van der Waals surface area contributed by atoms with Crippen molar-refractivity contribution in [2.45, 2.75) is 26.4 Å². The van der Waals surface area contributed by atoms with Crippen molar-refractivity contribution >= 4 is 44.9 Å². The van der Waals surface area contributed by atoms with Gasteiger partial charge in [0.1, 0.15) is 11.7 Å². The molecule has 0 bridgehead atoms. The lowest BCUT2D eigenvalue weighted by Crippen LogP contribution is -2.50. The van der Waals surface area contributed by atoms with Gasteiger partial charge in [0.2, 0.25) is 5.71 Å². The topological polar surface area (TPSA) is 131 Å². The van der Waals surface area contributed by atoms with Crippen LogP contribution in [0.15, 0.2) is 27.8 Å². The standard InChI is InChI=1S/C18H24BrN7O2/c1-18(2,3)28-17(27)26-8-6-25(7-9-26)15-5-4-12(10-13(15)19)23-24-14(11-20)16(21)22/h4-5,10,23H,6-9H2,1-3H3,(H3,21,22)/b24-14+. The second kappa shape index (κ2) is 8.93. The lowest BCUT2D eigenvalue weighted by molar-refractivity contribution is 0.0240. The number of hydrazone groups is 1. The molecular weight excluding hydrogens is 426 g/mol. The Morgan fingerprint density at radius 3 is 2.50 bits per heavy atom. The van der Waals surface area contributed by atoms with Gasteiger partial charge in [-0.25, -0.2) is 4.79 Å². The number of anilines is 2. The fourth-order valence-corrected chi connectivity index (χ4v) is 3.18. The van der Waals surface area contributed by atoms with E-state index < -0.39 is 11.4 Å². The molecule has 4 N–H and O–H groups in total. The summed E-state index contributed by atoms with van der Waals surface area (Å²) in [5, 5.41) is 19.9. The fraction of sp³-hybridized carbons (Fsp3) is 0.444. The number of carbonyl (C=O) groups excluding carboxylic acids is 1. The van der Waals surface area contributed by atoms with Gasteiger partial charge in [0.05, 0.1) is 11.4 Å². The first-order valence-electron chi connectivity index (χ1n) is 8.71. The quantitative estimate of drug-likeness (QED) is 0.367. The zero-order chi connectivity index (χ0) is 20.9. The number of nitrogens with two attached hydrogens (primary N) is 1. The SMILES string of the molecule is CC(C)(C)OC(=O)N1CCN(c2ccc(N/N=C(\C#N)C(=N)N)cc2Br)CC1. The van der Waals surface area contributed by atoms with Gasteiger partial charge in [-0.3, -0.25) is 10.8 Å². The predicted octanol–water partition coefficient (Wildman–Crippen LogP) is 2.73. The number of amidine groups is 1. The summed E-state index contributed by atoms with van der Waals surface area (Å²) >= 11 is 3.55. The Balaban J connectivity index is 1.99. The average Bonchev–Trinajstić information content (AvgIpc) is 2.61. The highest BCUT2D eigenvalue weighted by Gasteiger charge is 2.26. The number of halogens is 1. The number of nitrogens with zero attached hydrogens (tertiary/aromatic N) is 4. The van der Waals surface area contributed by atoms with E-state index in [1.54, 1.807) is 11.0 Å². The van der Waals surface area contributed by atoms with E-state index in [1.807, 2.05) is 39.0 Å².